The van der Waals surface area contributed by atoms with Crippen molar-refractivity contribution in [3.05, 3.63) is 55.5 Å². The van der Waals surface area contributed by atoms with Crippen molar-refractivity contribution in [2.45, 2.75) is 38.5 Å². The van der Waals surface area contributed by atoms with Gasteiger partial charge in [-0.15, -0.1) is 0 Å². The van der Waals surface area contributed by atoms with Crippen LogP contribution in [-0.4, -0.2) is 9.97 Å². The van der Waals surface area contributed by atoms with E-state index in [-0.39, 0.29) is 0 Å². The molecule has 0 fully saturated rings. The summed E-state index contributed by atoms with van der Waals surface area (Å²) in [6.45, 7) is 0. The highest BCUT2D eigenvalue weighted by Gasteiger charge is 2.14. The molecular formula is C16H16Cl2N2S. The molecule has 1 aromatic carbocycles. The third-order valence-electron chi connectivity index (χ3n) is 3.91. The van der Waals surface area contributed by atoms with Crippen LogP contribution >= 0.6 is 35.4 Å². The second-order valence-corrected chi connectivity index (χ2v) is 6.58. The molecule has 1 aliphatic rings. The smallest absolute Gasteiger partial charge is 0.133 e. The Bertz CT molecular complexity index is 704. The molecule has 1 aromatic heterocycles. The van der Waals surface area contributed by atoms with E-state index < -0.39 is 0 Å². The number of halogens is 2. The average Bonchev–Trinajstić information content (AvgIpc) is 2.69. The van der Waals surface area contributed by atoms with Gasteiger partial charge in [0, 0.05) is 27.7 Å². The van der Waals surface area contributed by atoms with Crippen molar-refractivity contribution in [3.63, 3.8) is 0 Å². The molecule has 2 nitrogen and oxygen atoms in total. The summed E-state index contributed by atoms with van der Waals surface area (Å²) in [7, 11) is 0. The second-order valence-electron chi connectivity index (χ2n) is 5.38. The molecule has 0 unspecified atom stereocenters. The zero-order valence-electron chi connectivity index (χ0n) is 11.6. The summed E-state index contributed by atoms with van der Waals surface area (Å²) < 4.78 is 0.726. The van der Waals surface area contributed by atoms with Crippen LogP contribution in [0.4, 0.5) is 0 Å². The van der Waals surface area contributed by atoms with E-state index in [9.17, 15) is 0 Å². The molecule has 0 radical (unpaired) electrons. The van der Waals surface area contributed by atoms with Gasteiger partial charge in [0.25, 0.3) is 0 Å². The quantitative estimate of drug-likeness (QED) is 0.594. The van der Waals surface area contributed by atoms with Gasteiger partial charge in [-0.3, -0.25) is 0 Å². The number of hydrogen-bond acceptors (Lipinski definition) is 2. The van der Waals surface area contributed by atoms with Crippen LogP contribution in [0.2, 0.25) is 10.0 Å². The van der Waals surface area contributed by atoms with Crippen molar-refractivity contribution < 1.29 is 0 Å². The van der Waals surface area contributed by atoms with Crippen LogP contribution in [0.5, 0.6) is 0 Å². The molecule has 0 saturated carbocycles. The van der Waals surface area contributed by atoms with Crippen LogP contribution in [0.1, 0.15) is 41.9 Å². The third kappa shape index (κ3) is 3.31. The Labute approximate surface area is 139 Å². The maximum absolute atomic E-state index is 6.24. The Morgan fingerprint density at radius 2 is 1.81 bits per heavy atom. The van der Waals surface area contributed by atoms with Crippen molar-refractivity contribution in [2.75, 3.05) is 0 Å². The summed E-state index contributed by atoms with van der Waals surface area (Å²) in [5.41, 5.74) is 3.36. The van der Waals surface area contributed by atoms with Crippen LogP contribution in [0, 0.1) is 4.64 Å². The number of aryl methyl sites for hydroxylation is 1. The highest BCUT2D eigenvalue weighted by molar-refractivity contribution is 7.71. The lowest BCUT2D eigenvalue weighted by molar-refractivity contribution is 0.708. The number of rotatable bonds is 2. The van der Waals surface area contributed by atoms with Gasteiger partial charge in [-0.2, -0.15) is 0 Å². The summed E-state index contributed by atoms with van der Waals surface area (Å²) in [6, 6.07) is 5.54. The summed E-state index contributed by atoms with van der Waals surface area (Å²) in [4.78, 5) is 8.00. The van der Waals surface area contributed by atoms with Crippen molar-refractivity contribution in [1.82, 2.24) is 9.97 Å². The number of nitrogens with zero attached hydrogens (tertiary/aromatic N) is 1. The van der Waals surface area contributed by atoms with Gasteiger partial charge in [-0.1, -0.05) is 47.9 Å². The summed E-state index contributed by atoms with van der Waals surface area (Å²) in [5.74, 6) is 0.843. The van der Waals surface area contributed by atoms with Gasteiger partial charge >= 0.3 is 0 Å². The van der Waals surface area contributed by atoms with E-state index in [1.165, 1.54) is 30.5 Å². The topological polar surface area (TPSA) is 28.7 Å². The Morgan fingerprint density at radius 1 is 1.10 bits per heavy atom. The molecule has 2 aromatic rings. The molecule has 0 aliphatic heterocycles. The molecule has 5 heteroatoms. The van der Waals surface area contributed by atoms with Gasteiger partial charge < -0.3 is 4.98 Å². The number of H-pyrrole nitrogens is 1. The largest absolute Gasteiger partial charge is 0.347 e. The van der Waals surface area contributed by atoms with Crippen molar-refractivity contribution in [3.8, 4) is 0 Å². The van der Waals surface area contributed by atoms with Gasteiger partial charge in [-0.25, -0.2) is 4.98 Å². The fourth-order valence-electron chi connectivity index (χ4n) is 2.80. The zero-order chi connectivity index (χ0) is 14.8. The number of fused-ring (bicyclic) bond motifs is 1. The molecule has 0 saturated heterocycles. The molecule has 3 rings (SSSR count). The molecule has 110 valence electrons. The zero-order valence-corrected chi connectivity index (χ0v) is 13.9. The van der Waals surface area contributed by atoms with E-state index in [2.05, 4.69) is 9.97 Å². The van der Waals surface area contributed by atoms with Crippen LogP contribution in [0.15, 0.2) is 18.2 Å². The number of aromatic amines is 1. The first-order valence-electron chi connectivity index (χ1n) is 7.19. The lowest BCUT2D eigenvalue weighted by Gasteiger charge is -2.11. The van der Waals surface area contributed by atoms with E-state index in [4.69, 9.17) is 35.4 Å². The molecule has 0 amide bonds. The van der Waals surface area contributed by atoms with E-state index >= 15 is 0 Å². The first kappa shape index (κ1) is 15.0. The minimum atomic E-state index is 0.579. The molecule has 0 spiro atoms. The fraction of sp³-hybridized carbons (Fsp3) is 0.375. The lowest BCUT2D eigenvalue weighted by atomic mass is 10.1. The van der Waals surface area contributed by atoms with Crippen LogP contribution in [-0.2, 0) is 19.3 Å². The minimum Gasteiger partial charge on any atom is -0.347 e. The highest BCUT2D eigenvalue weighted by Crippen LogP contribution is 2.27. The lowest BCUT2D eigenvalue weighted by Crippen LogP contribution is -2.06. The molecule has 1 heterocycles. The van der Waals surface area contributed by atoms with Gasteiger partial charge in [0.05, 0.1) is 0 Å². The number of hydrogen-bond donors (Lipinski definition) is 1. The highest BCUT2D eigenvalue weighted by atomic mass is 35.5. The van der Waals surface area contributed by atoms with E-state index in [1.54, 1.807) is 0 Å². The van der Waals surface area contributed by atoms with Gasteiger partial charge in [0.15, 0.2) is 0 Å². The molecular weight excluding hydrogens is 323 g/mol. The van der Waals surface area contributed by atoms with Gasteiger partial charge in [-0.05, 0) is 43.4 Å². The first-order chi connectivity index (χ1) is 10.1. The summed E-state index contributed by atoms with van der Waals surface area (Å²) >= 11 is 17.9. The fourth-order valence-corrected chi connectivity index (χ4v) is 3.67. The maximum atomic E-state index is 6.24. The monoisotopic (exact) mass is 338 g/mol. The van der Waals surface area contributed by atoms with Crippen LogP contribution in [0.3, 0.4) is 0 Å². The minimum absolute atomic E-state index is 0.579. The SMILES string of the molecule is S=c1nc(Cc2c(Cl)cccc2Cl)[nH]c2c1CCCCC2. The van der Waals surface area contributed by atoms with Crippen molar-refractivity contribution in [1.29, 1.82) is 0 Å². The number of nitrogens with one attached hydrogen (secondary N) is 1. The Hall–Kier alpha value is -0.900. The van der Waals surface area contributed by atoms with Gasteiger partial charge in [0.2, 0.25) is 0 Å². The summed E-state index contributed by atoms with van der Waals surface area (Å²) in [6.07, 6.45) is 6.31. The van der Waals surface area contributed by atoms with Crippen molar-refractivity contribution in [2.24, 2.45) is 0 Å². The van der Waals surface area contributed by atoms with E-state index in [1.807, 2.05) is 18.2 Å². The maximum Gasteiger partial charge on any atom is 0.133 e. The van der Waals surface area contributed by atoms with E-state index in [0.717, 1.165) is 28.9 Å². The summed E-state index contributed by atoms with van der Waals surface area (Å²) in [5, 5.41) is 1.33. The predicted octanol–water partition coefficient (Wildman–Crippen LogP) is 5.31. The Kier molecular flexibility index (Phi) is 4.63. The standard InChI is InChI=1S/C16H16Cl2N2S/c17-12-6-4-7-13(18)11(12)9-15-19-14-8-3-1-2-5-10(14)16(21)20-15/h4,6-7H,1-3,5,8-9H2,(H,19,20,21). The molecule has 0 atom stereocenters. The van der Waals surface area contributed by atoms with Crippen LogP contribution < -0.4 is 0 Å². The Morgan fingerprint density at radius 3 is 2.57 bits per heavy atom. The normalized spacial score (nSPS) is 14.6. The third-order valence-corrected chi connectivity index (χ3v) is 4.96. The predicted molar refractivity (Wildman–Crippen MR) is 89.9 cm³/mol. The molecule has 0 bridgehead atoms. The molecule has 1 N–H and O–H groups in total. The Balaban J connectivity index is 1.99. The average molecular weight is 339 g/mol. The number of benzene rings is 1. The van der Waals surface area contributed by atoms with Crippen molar-refractivity contribution >= 4 is 35.4 Å². The van der Waals surface area contributed by atoms with Gasteiger partial charge in [0.1, 0.15) is 10.5 Å². The molecule has 1 aliphatic carbocycles. The number of aromatic nitrogens is 2. The second kappa shape index (κ2) is 6.47. The first-order valence-corrected chi connectivity index (χ1v) is 8.35. The van der Waals surface area contributed by atoms with E-state index in [0.29, 0.717) is 16.5 Å². The molecule has 21 heavy (non-hydrogen) atoms. The van der Waals surface area contributed by atoms with Crippen LogP contribution in [0.25, 0.3) is 0 Å².